The Hall–Kier alpha value is -3.33. The second kappa shape index (κ2) is 6.89. The lowest BCUT2D eigenvalue weighted by molar-refractivity contribution is -0.137. The number of alkyl halides is 3. The Morgan fingerprint density at radius 1 is 0.962 bits per heavy atom. The average molecular weight is 354 g/mol. The molecule has 0 spiro atoms. The first-order valence-electron chi connectivity index (χ1n) is 7.74. The van der Waals surface area contributed by atoms with Crippen LogP contribution in [0.2, 0.25) is 0 Å². The molecule has 0 aliphatic rings. The molecule has 26 heavy (non-hydrogen) atoms. The van der Waals surface area contributed by atoms with Crippen molar-refractivity contribution in [3.05, 3.63) is 93.9 Å². The first-order chi connectivity index (χ1) is 12.4. The predicted octanol–water partition coefficient (Wildman–Crippen LogP) is 4.45. The van der Waals surface area contributed by atoms with E-state index in [-0.39, 0.29) is 12.1 Å². The van der Waals surface area contributed by atoms with Crippen molar-refractivity contribution in [3.63, 3.8) is 0 Å². The van der Waals surface area contributed by atoms with Gasteiger partial charge in [0.15, 0.2) is 0 Å². The van der Waals surface area contributed by atoms with Crippen LogP contribution in [0.5, 0.6) is 0 Å². The summed E-state index contributed by atoms with van der Waals surface area (Å²) >= 11 is 0. The minimum Gasteiger partial charge on any atom is -0.309 e. The van der Waals surface area contributed by atoms with Crippen molar-refractivity contribution in [1.29, 1.82) is 5.26 Å². The zero-order valence-corrected chi connectivity index (χ0v) is 13.5. The predicted molar refractivity (Wildman–Crippen MR) is 91.4 cm³/mol. The quantitative estimate of drug-likeness (QED) is 0.697. The standard InChI is InChI=1S/C20H13F3N2O/c21-20(22,23)18-8-4-5-14(9-18)12-25-13-17(10-16(11-24)19(25)26)15-6-2-1-3-7-15/h1-10,13H,12H2. The van der Waals surface area contributed by atoms with Crippen LogP contribution in [0.25, 0.3) is 11.1 Å². The molecule has 0 N–H and O–H groups in total. The van der Waals surface area contributed by atoms with E-state index in [1.54, 1.807) is 6.20 Å². The van der Waals surface area contributed by atoms with Gasteiger partial charge in [-0.1, -0.05) is 42.5 Å². The van der Waals surface area contributed by atoms with E-state index < -0.39 is 17.3 Å². The molecule has 0 unspecified atom stereocenters. The van der Waals surface area contributed by atoms with Crippen molar-refractivity contribution in [2.24, 2.45) is 0 Å². The fourth-order valence-corrected chi connectivity index (χ4v) is 2.66. The highest BCUT2D eigenvalue weighted by molar-refractivity contribution is 5.64. The van der Waals surface area contributed by atoms with Gasteiger partial charge in [-0.3, -0.25) is 4.79 Å². The highest BCUT2D eigenvalue weighted by Crippen LogP contribution is 2.29. The first kappa shape index (κ1) is 17.5. The molecule has 3 rings (SSSR count). The Morgan fingerprint density at radius 2 is 1.69 bits per heavy atom. The van der Waals surface area contributed by atoms with Gasteiger partial charge in [-0.05, 0) is 34.9 Å². The Morgan fingerprint density at radius 3 is 2.35 bits per heavy atom. The van der Waals surface area contributed by atoms with Gasteiger partial charge in [0, 0.05) is 6.20 Å². The Kier molecular flexibility index (Phi) is 4.63. The summed E-state index contributed by atoms with van der Waals surface area (Å²) in [6.45, 7) is -0.0574. The van der Waals surface area contributed by atoms with E-state index in [9.17, 15) is 23.2 Å². The molecule has 3 nitrogen and oxygen atoms in total. The third kappa shape index (κ3) is 3.67. The molecule has 0 atom stereocenters. The highest BCUT2D eigenvalue weighted by Gasteiger charge is 2.30. The van der Waals surface area contributed by atoms with Crippen molar-refractivity contribution < 1.29 is 13.2 Å². The van der Waals surface area contributed by atoms with Crippen LogP contribution in [0.1, 0.15) is 16.7 Å². The number of hydrogen-bond donors (Lipinski definition) is 0. The summed E-state index contributed by atoms with van der Waals surface area (Å²) in [4.78, 5) is 12.4. The summed E-state index contributed by atoms with van der Waals surface area (Å²) < 4.78 is 39.9. The lowest BCUT2D eigenvalue weighted by atomic mass is 10.1. The topological polar surface area (TPSA) is 45.8 Å². The smallest absolute Gasteiger partial charge is 0.309 e. The van der Waals surface area contributed by atoms with Crippen molar-refractivity contribution in [1.82, 2.24) is 4.57 Å². The maximum Gasteiger partial charge on any atom is 0.416 e. The number of pyridine rings is 1. The van der Waals surface area contributed by atoms with Gasteiger partial charge in [-0.25, -0.2) is 0 Å². The Balaban J connectivity index is 2.06. The first-order valence-corrected chi connectivity index (χ1v) is 7.74. The van der Waals surface area contributed by atoms with Gasteiger partial charge in [-0.2, -0.15) is 18.4 Å². The number of halogens is 3. The summed E-state index contributed by atoms with van der Waals surface area (Å²) in [5, 5.41) is 9.22. The van der Waals surface area contributed by atoms with Crippen molar-refractivity contribution in [2.75, 3.05) is 0 Å². The van der Waals surface area contributed by atoms with Crippen LogP contribution < -0.4 is 5.56 Å². The van der Waals surface area contributed by atoms with Crippen molar-refractivity contribution in [2.45, 2.75) is 12.7 Å². The lowest BCUT2D eigenvalue weighted by Crippen LogP contribution is -2.23. The summed E-state index contributed by atoms with van der Waals surface area (Å²) in [5.41, 5.74) is 0.414. The van der Waals surface area contributed by atoms with Gasteiger partial charge >= 0.3 is 6.18 Å². The number of rotatable bonds is 3. The van der Waals surface area contributed by atoms with Gasteiger partial charge in [-0.15, -0.1) is 0 Å². The maximum atomic E-state index is 12.9. The molecule has 6 heteroatoms. The van der Waals surface area contributed by atoms with Gasteiger partial charge in [0.2, 0.25) is 0 Å². The molecule has 130 valence electrons. The second-order valence-corrected chi connectivity index (χ2v) is 5.75. The van der Waals surface area contributed by atoms with Crippen LogP contribution >= 0.6 is 0 Å². The molecule has 3 aromatic rings. The molecule has 1 heterocycles. The molecular formula is C20H13F3N2O. The number of aromatic nitrogens is 1. The van der Waals surface area contributed by atoms with E-state index in [1.807, 2.05) is 36.4 Å². The number of hydrogen-bond acceptors (Lipinski definition) is 2. The third-order valence-corrected chi connectivity index (χ3v) is 3.92. The van der Waals surface area contributed by atoms with Gasteiger partial charge < -0.3 is 4.57 Å². The van der Waals surface area contributed by atoms with Crippen LogP contribution in [0, 0.1) is 11.3 Å². The molecular weight excluding hydrogens is 341 g/mol. The minimum atomic E-state index is -4.45. The van der Waals surface area contributed by atoms with E-state index in [2.05, 4.69) is 0 Å². The van der Waals surface area contributed by atoms with Crippen LogP contribution in [0.15, 0.2) is 71.7 Å². The minimum absolute atomic E-state index is 0.0571. The molecule has 0 aliphatic heterocycles. The molecule has 0 saturated carbocycles. The van der Waals surface area contributed by atoms with Crippen LogP contribution in [-0.4, -0.2) is 4.57 Å². The number of nitrogens with zero attached hydrogens (tertiary/aromatic N) is 2. The summed E-state index contributed by atoms with van der Waals surface area (Å²) in [6, 6.07) is 17.3. The fraction of sp³-hybridized carbons (Fsp3) is 0.100. The van der Waals surface area contributed by atoms with E-state index in [4.69, 9.17) is 0 Å². The lowest BCUT2D eigenvalue weighted by Gasteiger charge is -2.12. The van der Waals surface area contributed by atoms with E-state index in [0.29, 0.717) is 11.1 Å². The third-order valence-electron chi connectivity index (χ3n) is 3.92. The number of nitriles is 1. The molecule has 0 fully saturated rings. The largest absolute Gasteiger partial charge is 0.416 e. The van der Waals surface area contributed by atoms with Crippen molar-refractivity contribution >= 4 is 0 Å². The van der Waals surface area contributed by atoms with Gasteiger partial charge in [0.25, 0.3) is 5.56 Å². The highest BCUT2D eigenvalue weighted by atomic mass is 19.4. The zero-order chi connectivity index (χ0) is 18.7. The fourth-order valence-electron chi connectivity index (χ4n) is 2.66. The molecule has 1 aromatic heterocycles. The molecule has 0 amide bonds. The molecule has 0 bridgehead atoms. The summed E-state index contributed by atoms with van der Waals surface area (Å²) in [6.07, 6.45) is -2.90. The summed E-state index contributed by atoms with van der Waals surface area (Å²) in [5.74, 6) is 0. The average Bonchev–Trinajstić information content (AvgIpc) is 2.63. The van der Waals surface area contributed by atoms with Crippen LogP contribution in [0.4, 0.5) is 13.2 Å². The molecule has 0 aliphatic carbocycles. The summed E-state index contributed by atoms with van der Waals surface area (Å²) in [7, 11) is 0. The van der Waals surface area contributed by atoms with E-state index in [0.717, 1.165) is 17.7 Å². The van der Waals surface area contributed by atoms with Gasteiger partial charge in [0.05, 0.1) is 12.1 Å². The second-order valence-electron chi connectivity index (χ2n) is 5.75. The van der Waals surface area contributed by atoms with Crippen LogP contribution in [0.3, 0.4) is 0 Å². The van der Waals surface area contributed by atoms with E-state index in [1.165, 1.54) is 22.8 Å². The molecule has 2 aromatic carbocycles. The maximum absolute atomic E-state index is 12.9. The number of benzene rings is 2. The molecule has 0 radical (unpaired) electrons. The van der Waals surface area contributed by atoms with Gasteiger partial charge in [0.1, 0.15) is 11.6 Å². The molecule has 0 saturated heterocycles. The Bertz CT molecular complexity index is 1030. The van der Waals surface area contributed by atoms with E-state index >= 15 is 0 Å². The Labute approximate surface area is 147 Å². The monoisotopic (exact) mass is 354 g/mol. The normalized spacial score (nSPS) is 11.2. The van der Waals surface area contributed by atoms with Crippen LogP contribution in [-0.2, 0) is 12.7 Å². The SMILES string of the molecule is N#Cc1cc(-c2ccccc2)cn(Cc2cccc(C(F)(F)F)c2)c1=O. The van der Waals surface area contributed by atoms with Crippen molar-refractivity contribution in [3.8, 4) is 17.2 Å². The zero-order valence-electron chi connectivity index (χ0n) is 13.5.